The van der Waals surface area contributed by atoms with E-state index in [-0.39, 0.29) is 16.8 Å². The summed E-state index contributed by atoms with van der Waals surface area (Å²) in [7, 11) is 0. The minimum atomic E-state index is -4.79. The van der Waals surface area contributed by atoms with Crippen molar-refractivity contribution in [3.05, 3.63) is 36.0 Å². The van der Waals surface area contributed by atoms with Gasteiger partial charge < -0.3 is 4.74 Å². The Bertz CT molecular complexity index is 563. The van der Waals surface area contributed by atoms with Crippen LogP contribution in [-0.2, 0) is 0 Å². The number of nitrogens with zero attached hydrogens (tertiary/aromatic N) is 1. The molecule has 0 unspecified atom stereocenters. The van der Waals surface area contributed by atoms with Crippen LogP contribution in [0, 0.1) is 0 Å². The van der Waals surface area contributed by atoms with Crippen molar-refractivity contribution in [1.29, 1.82) is 0 Å². The summed E-state index contributed by atoms with van der Waals surface area (Å²) >= 11 is 0. The van der Waals surface area contributed by atoms with E-state index in [2.05, 4.69) is 14.9 Å². The van der Waals surface area contributed by atoms with E-state index in [9.17, 15) is 18.0 Å². The number of hydrogen-bond donors (Lipinski definition) is 1. The summed E-state index contributed by atoms with van der Waals surface area (Å²) < 4.78 is 40.6. The highest BCUT2D eigenvalue weighted by atomic mass is 19.4. The molecule has 0 atom stereocenters. The molecule has 1 aromatic carbocycles. The number of alkyl halides is 3. The molecule has 0 aliphatic carbocycles. The van der Waals surface area contributed by atoms with Gasteiger partial charge in [0.15, 0.2) is 6.29 Å². The molecule has 18 heavy (non-hydrogen) atoms. The van der Waals surface area contributed by atoms with E-state index in [1.807, 2.05) is 0 Å². The first-order valence-electron chi connectivity index (χ1n) is 4.85. The van der Waals surface area contributed by atoms with Gasteiger partial charge in [0.1, 0.15) is 5.75 Å². The molecule has 2 rings (SSSR count). The van der Waals surface area contributed by atoms with Crippen molar-refractivity contribution in [3.63, 3.8) is 0 Å². The lowest BCUT2D eigenvalue weighted by Gasteiger charge is -2.12. The summed E-state index contributed by atoms with van der Waals surface area (Å²) in [5.74, 6) is -0.391. The molecule has 0 aliphatic heterocycles. The van der Waals surface area contributed by atoms with Crippen molar-refractivity contribution >= 4 is 6.29 Å². The van der Waals surface area contributed by atoms with E-state index in [0.29, 0.717) is 6.29 Å². The van der Waals surface area contributed by atoms with Crippen molar-refractivity contribution in [1.82, 2.24) is 10.2 Å². The Morgan fingerprint density at radius 2 is 2.00 bits per heavy atom. The van der Waals surface area contributed by atoms with Crippen LogP contribution in [0.1, 0.15) is 10.4 Å². The number of aromatic amines is 1. The lowest BCUT2D eigenvalue weighted by molar-refractivity contribution is -0.274. The molecule has 4 nitrogen and oxygen atoms in total. The summed E-state index contributed by atoms with van der Waals surface area (Å²) in [6, 6.07) is 5.51. The fraction of sp³-hybridized carbons (Fsp3) is 0.0909. The minimum Gasteiger partial charge on any atom is -0.405 e. The molecule has 1 N–H and O–H groups in total. The van der Waals surface area contributed by atoms with Gasteiger partial charge in [-0.15, -0.1) is 13.2 Å². The molecule has 0 amide bonds. The maximum absolute atomic E-state index is 12.2. The monoisotopic (exact) mass is 256 g/mol. The van der Waals surface area contributed by atoms with Crippen LogP contribution in [0.15, 0.2) is 30.5 Å². The molecule has 0 spiro atoms. The van der Waals surface area contributed by atoms with E-state index in [1.165, 1.54) is 24.4 Å². The van der Waals surface area contributed by atoms with E-state index < -0.39 is 12.1 Å². The van der Waals surface area contributed by atoms with Gasteiger partial charge in [0.25, 0.3) is 0 Å². The van der Waals surface area contributed by atoms with Crippen molar-refractivity contribution in [2.45, 2.75) is 6.36 Å². The standard InChI is InChI=1S/C11H7F3N2O2/c12-11(13,14)18-9-4-2-1-3-8(9)10-7(6-17)5-15-16-10/h1-6H,(H,15,16). The number of benzene rings is 1. The third-order valence-electron chi connectivity index (χ3n) is 2.18. The third-order valence-corrected chi connectivity index (χ3v) is 2.18. The molecule has 7 heteroatoms. The van der Waals surface area contributed by atoms with Gasteiger partial charge in [-0.1, -0.05) is 12.1 Å². The van der Waals surface area contributed by atoms with Crippen molar-refractivity contribution in [2.24, 2.45) is 0 Å². The first kappa shape index (κ1) is 12.2. The van der Waals surface area contributed by atoms with Crippen LogP contribution in [0.5, 0.6) is 5.75 Å². The zero-order valence-corrected chi connectivity index (χ0v) is 8.86. The maximum Gasteiger partial charge on any atom is 0.573 e. The topological polar surface area (TPSA) is 55.0 Å². The number of hydrogen-bond acceptors (Lipinski definition) is 3. The Hall–Kier alpha value is -2.31. The lowest BCUT2D eigenvalue weighted by Crippen LogP contribution is -2.17. The number of ether oxygens (including phenoxy) is 1. The van der Waals surface area contributed by atoms with E-state index in [0.717, 1.165) is 6.07 Å². The van der Waals surface area contributed by atoms with Crippen LogP contribution in [0.3, 0.4) is 0 Å². The molecule has 94 valence electrons. The number of carbonyl (C=O) groups excluding carboxylic acids is 1. The van der Waals surface area contributed by atoms with Crippen molar-refractivity contribution in [2.75, 3.05) is 0 Å². The molecule has 0 aliphatic rings. The SMILES string of the molecule is O=Cc1cn[nH]c1-c1ccccc1OC(F)(F)F. The number of aldehydes is 1. The molecule has 0 bridgehead atoms. The minimum absolute atomic E-state index is 0.120. The molecule has 1 aromatic heterocycles. The highest BCUT2D eigenvalue weighted by molar-refractivity contribution is 5.86. The zero-order chi connectivity index (χ0) is 13.2. The maximum atomic E-state index is 12.2. The summed E-state index contributed by atoms with van der Waals surface area (Å²) in [6.45, 7) is 0. The van der Waals surface area contributed by atoms with Gasteiger partial charge in [0.05, 0.1) is 17.5 Å². The van der Waals surface area contributed by atoms with Crippen LogP contribution < -0.4 is 4.74 Å². The Kier molecular flexibility index (Phi) is 3.05. The summed E-state index contributed by atoms with van der Waals surface area (Å²) in [5.41, 5.74) is 0.465. The Morgan fingerprint density at radius 3 is 2.67 bits per heavy atom. The summed E-state index contributed by atoms with van der Waals surface area (Å²) in [6.07, 6.45) is -3.06. The van der Waals surface area contributed by atoms with Gasteiger partial charge in [-0.2, -0.15) is 5.10 Å². The van der Waals surface area contributed by atoms with Crippen LogP contribution in [-0.4, -0.2) is 22.8 Å². The second-order valence-corrected chi connectivity index (χ2v) is 3.36. The lowest BCUT2D eigenvalue weighted by atomic mass is 10.1. The van der Waals surface area contributed by atoms with Crippen LogP contribution in [0.4, 0.5) is 13.2 Å². The van der Waals surface area contributed by atoms with Crippen LogP contribution >= 0.6 is 0 Å². The normalized spacial score (nSPS) is 11.3. The fourth-order valence-electron chi connectivity index (χ4n) is 1.49. The van der Waals surface area contributed by atoms with Gasteiger partial charge in [0, 0.05) is 5.56 Å². The van der Waals surface area contributed by atoms with E-state index in [4.69, 9.17) is 0 Å². The number of aromatic nitrogens is 2. The first-order valence-corrected chi connectivity index (χ1v) is 4.85. The number of nitrogens with one attached hydrogen (secondary N) is 1. The largest absolute Gasteiger partial charge is 0.573 e. The molecule has 0 saturated carbocycles. The average molecular weight is 256 g/mol. The zero-order valence-electron chi connectivity index (χ0n) is 8.86. The number of rotatable bonds is 3. The van der Waals surface area contributed by atoms with Gasteiger partial charge in [-0.25, -0.2) is 0 Å². The number of halogens is 3. The Balaban J connectivity index is 2.48. The van der Waals surface area contributed by atoms with Gasteiger partial charge in [-0.05, 0) is 12.1 Å². The highest BCUT2D eigenvalue weighted by Crippen LogP contribution is 2.33. The second-order valence-electron chi connectivity index (χ2n) is 3.36. The number of H-pyrrole nitrogens is 1. The molecule has 0 radical (unpaired) electrons. The van der Waals surface area contributed by atoms with Crippen LogP contribution in [0.25, 0.3) is 11.3 Å². The first-order chi connectivity index (χ1) is 8.51. The quantitative estimate of drug-likeness (QED) is 0.859. The van der Waals surface area contributed by atoms with E-state index in [1.54, 1.807) is 0 Å². The highest BCUT2D eigenvalue weighted by Gasteiger charge is 2.32. The van der Waals surface area contributed by atoms with Gasteiger partial charge >= 0.3 is 6.36 Å². The Morgan fingerprint density at radius 1 is 1.28 bits per heavy atom. The van der Waals surface area contributed by atoms with E-state index >= 15 is 0 Å². The predicted molar refractivity (Wildman–Crippen MR) is 56.1 cm³/mol. The smallest absolute Gasteiger partial charge is 0.405 e. The van der Waals surface area contributed by atoms with Crippen molar-refractivity contribution in [3.8, 4) is 17.0 Å². The molecule has 0 fully saturated rings. The molecule has 2 aromatic rings. The number of para-hydroxylation sites is 1. The van der Waals surface area contributed by atoms with Gasteiger partial charge in [0.2, 0.25) is 0 Å². The summed E-state index contributed by atoms with van der Waals surface area (Å²) in [4.78, 5) is 10.7. The third kappa shape index (κ3) is 2.50. The second kappa shape index (κ2) is 4.52. The van der Waals surface area contributed by atoms with Crippen LogP contribution in [0.2, 0.25) is 0 Å². The molecular formula is C11H7F3N2O2. The fourth-order valence-corrected chi connectivity index (χ4v) is 1.49. The average Bonchev–Trinajstić information content (AvgIpc) is 2.75. The molecule has 0 saturated heterocycles. The number of carbonyl (C=O) groups is 1. The molecular weight excluding hydrogens is 249 g/mol. The van der Waals surface area contributed by atoms with Gasteiger partial charge in [-0.3, -0.25) is 9.89 Å². The Labute approximate surface area is 99.4 Å². The van der Waals surface area contributed by atoms with Crippen molar-refractivity contribution < 1.29 is 22.7 Å². The summed E-state index contributed by atoms with van der Waals surface area (Å²) in [5, 5.41) is 6.08. The molecule has 1 heterocycles. The predicted octanol–water partition coefficient (Wildman–Crippen LogP) is 2.79.